The summed E-state index contributed by atoms with van der Waals surface area (Å²) in [5.74, 6) is 0.0786. The molecular weight excluding hydrogens is 487 g/mol. The fourth-order valence-electron chi connectivity index (χ4n) is 3.05. The molecule has 0 atom stereocenters. The monoisotopic (exact) mass is 508 g/mol. The molecule has 0 fully saturated rings. The van der Waals surface area contributed by atoms with Gasteiger partial charge in [0.2, 0.25) is 0 Å². The highest BCUT2D eigenvalue weighted by atomic mass is 35.5. The van der Waals surface area contributed by atoms with Crippen molar-refractivity contribution in [3.05, 3.63) is 75.3 Å². The van der Waals surface area contributed by atoms with Gasteiger partial charge in [-0.05, 0) is 49.2 Å². The van der Waals surface area contributed by atoms with Gasteiger partial charge in [0.05, 0.1) is 35.6 Å². The van der Waals surface area contributed by atoms with Gasteiger partial charge in [0, 0.05) is 17.7 Å². The van der Waals surface area contributed by atoms with E-state index in [2.05, 4.69) is 10.0 Å². The van der Waals surface area contributed by atoms with Gasteiger partial charge in [-0.1, -0.05) is 35.3 Å². The van der Waals surface area contributed by atoms with Crippen LogP contribution in [0.2, 0.25) is 10.0 Å². The molecule has 3 aromatic carbocycles. The Morgan fingerprint density at radius 2 is 1.55 bits per heavy atom. The Kier molecular flexibility index (Phi) is 7.41. The first-order valence-electron chi connectivity index (χ1n) is 9.68. The summed E-state index contributed by atoms with van der Waals surface area (Å²) in [7, 11) is -1.19. The summed E-state index contributed by atoms with van der Waals surface area (Å²) in [6.07, 6.45) is 0. The van der Waals surface area contributed by atoms with E-state index in [1.165, 1.54) is 44.6 Å². The minimum Gasteiger partial charge on any atom is -0.495 e. The molecule has 2 N–H and O–H groups in total. The molecule has 0 aliphatic rings. The first-order valence-corrected chi connectivity index (χ1v) is 11.9. The van der Waals surface area contributed by atoms with Crippen LogP contribution in [0.25, 0.3) is 0 Å². The summed E-state index contributed by atoms with van der Waals surface area (Å²) in [5.41, 5.74) is 2.45. The van der Waals surface area contributed by atoms with Crippen molar-refractivity contribution < 1.29 is 22.7 Å². The summed E-state index contributed by atoms with van der Waals surface area (Å²) in [4.78, 5) is 12.7. The first-order chi connectivity index (χ1) is 15.6. The highest BCUT2D eigenvalue weighted by Crippen LogP contribution is 2.36. The minimum absolute atomic E-state index is 0.0184. The van der Waals surface area contributed by atoms with Crippen molar-refractivity contribution in [2.75, 3.05) is 24.3 Å². The van der Waals surface area contributed by atoms with Gasteiger partial charge in [0.1, 0.15) is 16.4 Å². The standard InChI is InChI=1S/C23H22Cl2N2O5S/c1-13-5-6-14(2)18(9-13)27-33(29,30)22-10-15(7-8-16(22)24)23(28)26-19-12-20(31-3)17(25)11-21(19)32-4/h5-12,27H,1-4H3,(H,26,28). The molecule has 0 aliphatic heterocycles. The molecule has 0 heterocycles. The summed E-state index contributed by atoms with van der Waals surface area (Å²) in [6.45, 7) is 3.64. The Hall–Kier alpha value is -2.94. The Balaban J connectivity index is 1.94. The van der Waals surface area contributed by atoms with Crippen LogP contribution in [0.3, 0.4) is 0 Å². The first kappa shape index (κ1) is 24.7. The number of ether oxygens (including phenoxy) is 2. The van der Waals surface area contributed by atoms with E-state index in [-0.39, 0.29) is 15.5 Å². The lowest BCUT2D eigenvalue weighted by Crippen LogP contribution is -2.17. The van der Waals surface area contributed by atoms with E-state index < -0.39 is 15.9 Å². The average molecular weight is 509 g/mol. The van der Waals surface area contributed by atoms with Crippen molar-refractivity contribution in [1.82, 2.24) is 0 Å². The van der Waals surface area contributed by atoms with Crippen LogP contribution in [0.5, 0.6) is 11.5 Å². The van der Waals surface area contributed by atoms with Gasteiger partial charge < -0.3 is 14.8 Å². The van der Waals surface area contributed by atoms with Crippen LogP contribution in [0.4, 0.5) is 11.4 Å². The predicted molar refractivity (Wildman–Crippen MR) is 131 cm³/mol. The smallest absolute Gasteiger partial charge is 0.263 e. The SMILES string of the molecule is COc1cc(NC(=O)c2ccc(Cl)c(S(=O)(=O)Nc3cc(C)ccc3C)c2)c(OC)cc1Cl. The number of anilines is 2. The van der Waals surface area contributed by atoms with E-state index >= 15 is 0 Å². The van der Waals surface area contributed by atoms with Gasteiger partial charge in [-0.15, -0.1) is 0 Å². The van der Waals surface area contributed by atoms with Gasteiger partial charge in [-0.25, -0.2) is 8.42 Å². The largest absolute Gasteiger partial charge is 0.495 e. The number of methoxy groups -OCH3 is 2. The molecule has 1 amide bonds. The zero-order valence-corrected chi connectivity index (χ0v) is 20.7. The molecule has 0 saturated carbocycles. The van der Waals surface area contributed by atoms with E-state index in [0.29, 0.717) is 27.9 Å². The van der Waals surface area contributed by atoms with Crippen LogP contribution >= 0.6 is 23.2 Å². The molecular formula is C23H22Cl2N2O5S. The third kappa shape index (κ3) is 5.52. The molecule has 0 saturated heterocycles. The topological polar surface area (TPSA) is 93.7 Å². The second-order valence-corrected chi connectivity index (χ2v) is 9.68. The molecule has 33 heavy (non-hydrogen) atoms. The molecule has 0 radical (unpaired) electrons. The fourth-order valence-corrected chi connectivity index (χ4v) is 4.93. The van der Waals surface area contributed by atoms with Crippen molar-refractivity contribution in [3.8, 4) is 11.5 Å². The number of nitrogens with one attached hydrogen (secondary N) is 2. The van der Waals surface area contributed by atoms with E-state index in [4.69, 9.17) is 32.7 Å². The number of aryl methyl sites for hydroxylation is 2. The third-order valence-corrected chi connectivity index (χ3v) is 6.98. The van der Waals surface area contributed by atoms with E-state index in [1.54, 1.807) is 13.0 Å². The summed E-state index contributed by atoms with van der Waals surface area (Å²) >= 11 is 12.3. The molecule has 0 bridgehead atoms. The van der Waals surface area contributed by atoms with Crippen LogP contribution in [0, 0.1) is 13.8 Å². The van der Waals surface area contributed by atoms with E-state index in [0.717, 1.165) is 11.1 Å². The number of benzene rings is 3. The third-order valence-electron chi connectivity index (χ3n) is 4.84. The highest BCUT2D eigenvalue weighted by molar-refractivity contribution is 7.92. The number of carbonyl (C=O) groups excluding carboxylic acids is 1. The van der Waals surface area contributed by atoms with Crippen LogP contribution in [-0.4, -0.2) is 28.5 Å². The van der Waals surface area contributed by atoms with Gasteiger partial charge in [-0.3, -0.25) is 9.52 Å². The number of amides is 1. The number of rotatable bonds is 7. The Bertz CT molecular complexity index is 1330. The number of hydrogen-bond donors (Lipinski definition) is 2. The van der Waals surface area contributed by atoms with Gasteiger partial charge in [0.15, 0.2) is 0 Å². The fraction of sp³-hybridized carbons (Fsp3) is 0.174. The molecule has 0 aromatic heterocycles. The number of sulfonamides is 1. The van der Waals surface area contributed by atoms with Gasteiger partial charge in [0.25, 0.3) is 15.9 Å². The normalized spacial score (nSPS) is 11.1. The zero-order chi connectivity index (χ0) is 24.3. The molecule has 7 nitrogen and oxygen atoms in total. The van der Waals surface area contributed by atoms with Crippen molar-refractivity contribution in [3.63, 3.8) is 0 Å². The van der Waals surface area contributed by atoms with Crippen molar-refractivity contribution in [2.24, 2.45) is 0 Å². The summed E-state index contributed by atoms with van der Waals surface area (Å²) in [6, 6.07) is 12.4. The van der Waals surface area contributed by atoms with Crippen LogP contribution in [0.15, 0.2) is 53.4 Å². The molecule has 3 rings (SSSR count). The number of hydrogen-bond acceptors (Lipinski definition) is 5. The van der Waals surface area contributed by atoms with Crippen LogP contribution in [-0.2, 0) is 10.0 Å². The molecule has 0 aliphatic carbocycles. The van der Waals surface area contributed by atoms with Crippen LogP contribution < -0.4 is 19.5 Å². The van der Waals surface area contributed by atoms with E-state index in [9.17, 15) is 13.2 Å². The maximum absolute atomic E-state index is 13.1. The maximum Gasteiger partial charge on any atom is 0.263 e. The van der Waals surface area contributed by atoms with Crippen molar-refractivity contribution in [2.45, 2.75) is 18.7 Å². The molecule has 0 spiro atoms. The van der Waals surface area contributed by atoms with Crippen molar-refractivity contribution >= 4 is 50.5 Å². The Labute approximate surface area is 202 Å². The van der Waals surface area contributed by atoms with Crippen molar-refractivity contribution in [1.29, 1.82) is 0 Å². The minimum atomic E-state index is -4.07. The molecule has 0 unspecified atom stereocenters. The average Bonchev–Trinajstić information content (AvgIpc) is 2.77. The van der Waals surface area contributed by atoms with Gasteiger partial charge in [-0.2, -0.15) is 0 Å². The van der Waals surface area contributed by atoms with Crippen LogP contribution in [0.1, 0.15) is 21.5 Å². The second-order valence-electron chi connectivity index (χ2n) is 7.21. The lowest BCUT2D eigenvalue weighted by atomic mass is 10.1. The predicted octanol–water partition coefficient (Wildman–Crippen LogP) is 5.68. The Morgan fingerprint density at radius 3 is 2.21 bits per heavy atom. The number of halogens is 2. The summed E-state index contributed by atoms with van der Waals surface area (Å²) < 4.78 is 39.1. The molecule has 174 valence electrons. The zero-order valence-electron chi connectivity index (χ0n) is 18.3. The van der Waals surface area contributed by atoms with Gasteiger partial charge >= 0.3 is 0 Å². The quantitative estimate of drug-likeness (QED) is 0.428. The lowest BCUT2D eigenvalue weighted by Gasteiger charge is -2.15. The molecule has 3 aromatic rings. The second kappa shape index (κ2) is 9.91. The lowest BCUT2D eigenvalue weighted by molar-refractivity contribution is 0.102. The summed E-state index contributed by atoms with van der Waals surface area (Å²) in [5, 5.41) is 2.97. The molecule has 10 heteroatoms. The highest BCUT2D eigenvalue weighted by Gasteiger charge is 2.22. The maximum atomic E-state index is 13.1. The number of carbonyl (C=O) groups is 1. The Morgan fingerprint density at radius 1 is 0.848 bits per heavy atom. The van der Waals surface area contributed by atoms with E-state index in [1.807, 2.05) is 19.1 Å².